The van der Waals surface area contributed by atoms with Crippen molar-refractivity contribution in [2.45, 2.75) is 20.4 Å². The largest absolute Gasteiger partial charge is 0.453 e. The highest BCUT2D eigenvalue weighted by atomic mass is 32.2. The van der Waals surface area contributed by atoms with Gasteiger partial charge >= 0.3 is 6.09 Å². The standard InChI is InChI=1S/C31H31N5O3S2/c1-5-32-24-17-16-23(33-31(38)39-4)18-25(24)34-30-36(19-21-12-8-6-9-13-21)28(37)27(41-30)29-35(3)26(20(2)40-29)22-14-10-7-11-15-22/h6-18,32H,5,19H2,1-4H3,(H,33,38)/b29-27-,34-30?. The smallest absolute Gasteiger partial charge is 0.411 e. The number of amidine groups is 1. The lowest BCUT2D eigenvalue weighted by Gasteiger charge is -2.19. The molecule has 10 heteroatoms. The number of ether oxygens (including phenoxy) is 1. The molecule has 3 aromatic carbocycles. The van der Waals surface area contributed by atoms with E-state index in [4.69, 9.17) is 9.73 Å². The van der Waals surface area contributed by atoms with E-state index in [1.807, 2.05) is 68.6 Å². The highest BCUT2D eigenvalue weighted by Gasteiger charge is 2.39. The number of rotatable bonds is 7. The second-order valence-corrected chi connectivity index (χ2v) is 11.5. The Labute approximate surface area is 248 Å². The van der Waals surface area contributed by atoms with Gasteiger partial charge in [0.15, 0.2) is 5.17 Å². The lowest BCUT2D eigenvalue weighted by Crippen LogP contribution is -2.29. The summed E-state index contributed by atoms with van der Waals surface area (Å²) in [5.41, 5.74) is 5.13. The number of nitrogens with zero attached hydrogens (tertiary/aromatic N) is 3. The summed E-state index contributed by atoms with van der Waals surface area (Å²) in [6, 6.07) is 25.5. The number of allylic oxidation sites excluding steroid dienone is 1. The first-order valence-corrected chi connectivity index (χ1v) is 14.8. The number of methoxy groups -OCH3 is 1. The molecule has 2 aliphatic rings. The van der Waals surface area contributed by atoms with Crippen molar-refractivity contribution in [1.29, 1.82) is 0 Å². The average Bonchev–Trinajstić information content (AvgIpc) is 3.45. The van der Waals surface area contributed by atoms with Gasteiger partial charge in [-0.2, -0.15) is 0 Å². The summed E-state index contributed by atoms with van der Waals surface area (Å²) in [5.74, 6) is -0.0945. The lowest BCUT2D eigenvalue weighted by atomic mass is 10.1. The molecular formula is C31H31N5O3S2. The Hall–Kier alpha value is -4.15. The molecule has 8 nitrogen and oxygen atoms in total. The summed E-state index contributed by atoms with van der Waals surface area (Å²) in [7, 11) is 3.32. The van der Waals surface area contributed by atoms with Crippen LogP contribution in [-0.2, 0) is 16.1 Å². The van der Waals surface area contributed by atoms with Crippen LogP contribution >= 0.6 is 23.5 Å². The molecule has 0 aromatic heterocycles. The third-order valence-electron chi connectivity index (χ3n) is 6.52. The Balaban J connectivity index is 1.57. The van der Waals surface area contributed by atoms with Gasteiger partial charge in [0.05, 0.1) is 35.8 Å². The third kappa shape index (κ3) is 6.13. The van der Waals surface area contributed by atoms with Crippen LogP contribution in [0.25, 0.3) is 5.70 Å². The van der Waals surface area contributed by atoms with Crippen LogP contribution in [0.15, 0.2) is 98.7 Å². The van der Waals surface area contributed by atoms with Gasteiger partial charge < -0.3 is 15.0 Å². The summed E-state index contributed by atoms with van der Waals surface area (Å²) < 4.78 is 4.76. The minimum absolute atomic E-state index is 0.0945. The number of benzene rings is 3. The van der Waals surface area contributed by atoms with E-state index >= 15 is 0 Å². The Morgan fingerprint density at radius 1 is 1.00 bits per heavy atom. The van der Waals surface area contributed by atoms with Gasteiger partial charge in [-0.3, -0.25) is 15.0 Å². The first kappa shape index (κ1) is 28.4. The predicted octanol–water partition coefficient (Wildman–Crippen LogP) is 7.30. The Kier molecular flexibility index (Phi) is 8.70. The lowest BCUT2D eigenvalue weighted by molar-refractivity contribution is -0.122. The molecule has 2 N–H and O–H groups in total. The van der Waals surface area contributed by atoms with Crippen molar-refractivity contribution < 1.29 is 14.3 Å². The van der Waals surface area contributed by atoms with Crippen LogP contribution in [0.4, 0.5) is 21.9 Å². The fourth-order valence-electron chi connectivity index (χ4n) is 4.63. The number of thioether (sulfide) groups is 2. The monoisotopic (exact) mass is 585 g/mol. The summed E-state index contributed by atoms with van der Waals surface area (Å²) in [6.45, 7) is 5.15. The third-order valence-corrected chi connectivity index (χ3v) is 8.89. The van der Waals surface area contributed by atoms with Gasteiger partial charge in [0.2, 0.25) is 0 Å². The molecular weight excluding hydrogens is 555 g/mol. The van der Waals surface area contributed by atoms with E-state index in [-0.39, 0.29) is 5.91 Å². The molecule has 3 aromatic rings. The molecule has 1 fully saturated rings. The minimum atomic E-state index is -0.568. The van der Waals surface area contributed by atoms with Crippen molar-refractivity contribution in [3.05, 3.63) is 105 Å². The van der Waals surface area contributed by atoms with Crippen LogP contribution in [0.3, 0.4) is 0 Å². The molecule has 2 amide bonds. The van der Waals surface area contributed by atoms with E-state index in [0.29, 0.717) is 34.5 Å². The van der Waals surface area contributed by atoms with Crippen molar-refractivity contribution in [3.8, 4) is 0 Å². The Morgan fingerprint density at radius 2 is 1.71 bits per heavy atom. The average molecular weight is 586 g/mol. The number of hydrogen-bond acceptors (Lipinski definition) is 8. The fourth-order valence-corrected chi connectivity index (χ4v) is 6.93. The van der Waals surface area contributed by atoms with Crippen molar-refractivity contribution in [2.24, 2.45) is 4.99 Å². The van der Waals surface area contributed by atoms with Gasteiger partial charge in [0.1, 0.15) is 4.91 Å². The SMILES string of the molecule is CCNc1ccc(NC(=O)OC)cc1N=C1S/C(=C2\SC(C)=C(c3ccccc3)N2C)C(=O)N1Cc1ccccc1. The van der Waals surface area contributed by atoms with E-state index in [1.165, 1.54) is 18.9 Å². The molecule has 0 aliphatic carbocycles. The maximum atomic E-state index is 14.1. The minimum Gasteiger partial charge on any atom is -0.453 e. The van der Waals surface area contributed by atoms with Gasteiger partial charge in [-0.1, -0.05) is 72.4 Å². The van der Waals surface area contributed by atoms with Crippen LogP contribution in [0, 0.1) is 0 Å². The molecule has 0 unspecified atom stereocenters. The highest BCUT2D eigenvalue weighted by molar-refractivity contribution is 8.19. The zero-order valence-corrected chi connectivity index (χ0v) is 24.9. The van der Waals surface area contributed by atoms with Gasteiger partial charge in [0, 0.05) is 24.2 Å². The number of hydrogen-bond donors (Lipinski definition) is 2. The van der Waals surface area contributed by atoms with E-state index in [0.717, 1.165) is 32.4 Å². The van der Waals surface area contributed by atoms with E-state index in [1.54, 1.807) is 28.8 Å². The fraction of sp³-hybridized carbons (Fsp3) is 0.194. The molecule has 0 bridgehead atoms. The molecule has 2 aliphatic heterocycles. The summed E-state index contributed by atoms with van der Waals surface area (Å²) >= 11 is 2.97. The van der Waals surface area contributed by atoms with Gasteiger partial charge in [0.25, 0.3) is 5.91 Å². The molecule has 1 saturated heterocycles. The van der Waals surface area contributed by atoms with E-state index in [9.17, 15) is 9.59 Å². The number of carbonyl (C=O) groups excluding carboxylic acids is 2. The van der Waals surface area contributed by atoms with Crippen LogP contribution in [0.1, 0.15) is 25.0 Å². The predicted molar refractivity (Wildman–Crippen MR) is 170 cm³/mol. The topological polar surface area (TPSA) is 86.3 Å². The number of anilines is 2. The quantitative estimate of drug-likeness (QED) is 0.282. The number of amides is 2. The van der Waals surface area contributed by atoms with Crippen LogP contribution < -0.4 is 10.6 Å². The summed E-state index contributed by atoms with van der Waals surface area (Å²) in [5, 5.41) is 7.48. The van der Waals surface area contributed by atoms with Crippen LogP contribution in [-0.4, -0.2) is 47.7 Å². The van der Waals surface area contributed by atoms with Crippen molar-refractivity contribution in [1.82, 2.24) is 9.80 Å². The molecule has 5 rings (SSSR count). The first-order chi connectivity index (χ1) is 19.9. The zero-order chi connectivity index (χ0) is 28.9. The van der Waals surface area contributed by atoms with E-state index < -0.39 is 6.09 Å². The second-order valence-electron chi connectivity index (χ2n) is 9.32. The number of nitrogens with one attached hydrogen (secondary N) is 2. The number of aliphatic imine (C=N–C) groups is 1. The van der Waals surface area contributed by atoms with Crippen molar-refractivity contribution in [3.63, 3.8) is 0 Å². The molecule has 41 heavy (non-hydrogen) atoms. The highest BCUT2D eigenvalue weighted by Crippen LogP contribution is 2.50. The summed E-state index contributed by atoms with van der Waals surface area (Å²) in [4.78, 5) is 36.5. The molecule has 0 saturated carbocycles. The Bertz CT molecular complexity index is 1550. The van der Waals surface area contributed by atoms with E-state index in [2.05, 4.69) is 34.6 Å². The zero-order valence-electron chi connectivity index (χ0n) is 23.3. The van der Waals surface area contributed by atoms with Crippen molar-refractivity contribution >= 4 is 63.5 Å². The molecule has 0 radical (unpaired) electrons. The normalized spacial score (nSPS) is 18.0. The molecule has 2 heterocycles. The maximum Gasteiger partial charge on any atom is 0.411 e. The van der Waals surface area contributed by atoms with Gasteiger partial charge in [-0.15, -0.1) is 0 Å². The maximum absolute atomic E-state index is 14.1. The first-order valence-electron chi connectivity index (χ1n) is 13.2. The van der Waals surface area contributed by atoms with Gasteiger partial charge in [-0.05, 0) is 54.9 Å². The van der Waals surface area contributed by atoms with Crippen LogP contribution in [0.5, 0.6) is 0 Å². The number of carbonyl (C=O) groups is 2. The second kappa shape index (κ2) is 12.6. The molecule has 210 valence electrons. The summed E-state index contributed by atoms with van der Waals surface area (Å²) in [6.07, 6.45) is -0.568. The van der Waals surface area contributed by atoms with Crippen molar-refractivity contribution in [2.75, 3.05) is 31.3 Å². The molecule has 0 spiro atoms. The van der Waals surface area contributed by atoms with Gasteiger partial charge in [-0.25, -0.2) is 9.79 Å². The Morgan fingerprint density at radius 3 is 2.39 bits per heavy atom. The van der Waals surface area contributed by atoms with Crippen LogP contribution in [0.2, 0.25) is 0 Å². The molecule has 0 atom stereocenters.